The van der Waals surface area contributed by atoms with E-state index in [4.69, 9.17) is 23.1 Å². The highest BCUT2D eigenvalue weighted by molar-refractivity contribution is 7.15. The van der Waals surface area contributed by atoms with E-state index in [1.165, 1.54) is 16.0 Å². The van der Waals surface area contributed by atoms with E-state index >= 15 is 0 Å². The first kappa shape index (κ1) is 19.6. The minimum absolute atomic E-state index is 0.00285. The van der Waals surface area contributed by atoms with Gasteiger partial charge in [0.2, 0.25) is 0 Å². The number of rotatable bonds is 7. The van der Waals surface area contributed by atoms with Gasteiger partial charge in [0.05, 0.1) is 0 Å². The number of nitrogen functional groups attached to an aromatic ring is 1. The summed E-state index contributed by atoms with van der Waals surface area (Å²) >= 11 is 7.58. The van der Waals surface area contributed by atoms with Crippen LogP contribution in [0.1, 0.15) is 16.0 Å². The van der Waals surface area contributed by atoms with Crippen LogP contribution in [0.4, 0.5) is 10.9 Å². The predicted molar refractivity (Wildman–Crippen MR) is 123 cm³/mol. The van der Waals surface area contributed by atoms with Crippen molar-refractivity contribution in [3.05, 3.63) is 82.0 Å². The van der Waals surface area contributed by atoms with Crippen LogP contribution in [0.3, 0.4) is 0 Å². The van der Waals surface area contributed by atoms with Gasteiger partial charge in [-0.1, -0.05) is 41.9 Å². The van der Waals surface area contributed by atoms with Gasteiger partial charge in [0, 0.05) is 46.7 Å². The van der Waals surface area contributed by atoms with Gasteiger partial charge in [-0.25, -0.2) is 9.97 Å². The molecule has 1 atom stereocenters. The number of nitrogens with one attached hydrogen (secondary N) is 1. The van der Waals surface area contributed by atoms with E-state index in [0.29, 0.717) is 12.4 Å². The van der Waals surface area contributed by atoms with Crippen molar-refractivity contribution >= 4 is 44.7 Å². The summed E-state index contributed by atoms with van der Waals surface area (Å²) in [6.07, 6.45) is 5.34. The molecule has 5 N–H and O–H groups in total. The summed E-state index contributed by atoms with van der Waals surface area (Å²) in [4.78, 5) is 9.81. The lowest BCUT2D eigenvalue weighted by Crippen LogP contribution is -2.31. The summed E-state index contributed by atoms with van der Waals surface area (Å²) in [5.41, 5.74) is 14.4. The molecule has 29 heavy (non-hydrogen) atoms. The SMILES string of the molecule is Nc1cc2cc(Cc3cnc(NCC(N)Cc4ccc(Cl)cc4)s3)ccc2cn1. The molecule has 0 aliphatic rings. The lowest BCUT2D eigenvalue weighted by Gasteiger charge is -2.12. The Labute approximate surface area is 178 Å². The number of pyridine rings is 1. The van der Waals surface area contributed by atoms with Crippen LogP contribution in [-0.2, 0) is 12.8 Å². The third-order valence-electron chi connectivity index (χ3n) is 4.67. The fraction of sp³-hybridized carbons (Fsp3) is 0.182. The highest BCUT2D eigenvalue weighted by Crippen LogP contribution is 2.24. The summed E-state index contributed by atoms with van der Waals surface area (Å²) in [6, 6.07) is 16.1. The minimum Gasteiger partial charge on any atom is -0.384 e. The molecule has 4 aromatic rings. The number of hydrogen-bond acceptors (Lipinski definition) is 6. The number of nitrogens with zero attached hydrogens (tertiary/aromatic N) is 2. The quantitative estimate of drug-likeness (QED) is 0.407. The number of halogens is 1. The van der Waals surface area contributed by atoms with Crippen molar-refractivity contribution in [3.8, 4) is 0 Å². The molecule has 0 radical (unpaired) electrons. The first-order chi connectivity index (χ1) is 14.0. The zero-order chi connectivity index (χ0) is 20.2. The van der Waals surface area contributed by atoms with Crippen LogP contribution in [0, 0.1) is 0 Å². The number of nitrogens with two attached hydrogens (primary N) is 2. The largest absolute Gasteiger partial charge is 0.384 e. The second-order valence-corrected chi connectivity index (χ2v) is 8.62. The molecule has 1 unspecified atom stereocenters. The predicted octanol–water partition coefficient (Wildman–Crippen LogP) is 4.50. The van der Waals surface area contributed by atoms with Crippen molar-refractivity contribution < 1.29 is 0 Å². The fourth-order valence-electron chi connectivity index (χ4n) is 3.20. The van der Waals surface area contributed by atoms with Crippen molar-refractivity contribution in [2.75, 3.05) is 17.6 Å². The van der Waals surface area contributed by atoms with E-state index in [1.54, 1.807) is 17.5 Å². The maximum absolute atomic E-state index is 6.25. The van der Waals surface area contributed by atoms with Crippen LogP contribution in [-0.4, -0.2) is 22.6 Å². The first-order valence-electron chi connectivity index (χ1n) is 9.38. The molecule has 148 valence electrons. The molecule has 0 spiro atoms. The Hall–Kier alpha value is -2.67. The van der Waals surface area contributed by atoms with Crippen molar-refractivity contribution in [1.29, 1.82) is 0 Å². The average molecular weight is 424 g/mol. The van der Waals surface area contributed by atoms with E-state index in [9.17, 15) is 0 Å². The van der Waals surface area contributed by atoms with Crippen LogP contribution < -0.4 is 16.8 Å². The number of benzene rings is 2. The summed E-state index contributed by atoms with van der Waals surface area (Å²) in [6.45, 7) is 0.665. The maximum Gasteiger partial charge on any atom is 0.182 e. The lowest BCUT2D eigenvalue weighted by molar-refractivity contribution is 0.699. The Morgan fingerprint density at radius 1 is 0.966 bits per heavy atom. The molecular formula is C22H22ClN5S. The third-order valence-corrected chi connectivity index (χ3v) is 5.87. The topological polar surface area (TPSA) is 89.8 Å². The third kappa shape index (κ3) is 5.23. The van der Waals surface area contributed by atoms with Gasteiger partial charge in [0.1, 0.15) is 5.82 Å². The highest BCUT2D eigenvalue weighted by Gasteiger charge is 2.08. The van der Waals surface area contributed by atoms with Gasteiger partial charge in [-0.05, 0) is 41.1 Å². The van der Waals surface area contributed by atoms with Gasteiger partial charge < -0.3 is 16.8 Å². The number of thiazole rings is 1. The molecule has 0 aliphatic heterocycles. The summed E-state index contributed by atoms with van der Waals surface area (Å²) < 4.78 is 0. The Morgan fingerprint density at radius 2 is 1.76 bits per heavy atom. The normalized spacial score (nSPS) is 12.2. The van der Waals surface area contributed by atoms with Gasteiger partial charge in [0.15, 0.2) is 5.13 Å². The molecule has 0 aliphatic carbocycles. The molecule has 2 aromatic carbocycles. The molecule has 0 amide bonds. The fourth-order valence-corrected chi connectivity index (χ4v) is 4.18. The van der Waals surface area contributed by atoms with E-state index < -0.39 is 0 Å². The minimum atomic E-state index is 0.00285. The van der Waals surface area contributed by atoms with E-state index in [2.05, 4.69) is 33.5 Å². The average Bonchev–Trinajstić information content (AvgIpc) is 3.15. The zero-order valence-electron chi connectivity index (χ0n) is 15.8. The van der Waals surface area contributed by atoms with Crippen molar-refractivity contribution in [2.45, 2.75) is 18.9 Å². The van der Waals surface area contributed by atoms with Gasteiger partial charge in [-0.3, -0.25) is 0 Å². The number of hydrogen-bond donors (Lipinski definition) is 3. The molecule has 5 nitrogen and oxygen atoms in total. The Bertz CT molecular complexity index is 1110. The summed E-state index contributed by atoms with van der Waals surface area (Å²) in [7, 11) is 0. The molecule has 0 saturated heterocycles. The second kappa shape index (κ2) is 8.78. The standard InChI is InChI=1S/C22H22ClN5S/c23-18-5-2-14(3-6-18)8-19(24)12-27-22-28-13-20(29-22)9-15-1-4-16-11-26-21(25)10-17(16)7-15/h1-7,10-11,13,19H,8-9,12,24H2,(H2,25,26)(H,27,28). The zero-order valence-corrected chi connectivity index (χ0v) is 17.4. The van der Waals surface area contributed by atoms with Gasteiger partial charge in [-0.15, -0.1) is 11.3 Å². The van der Waals surface area contributed by atoms with E-state index in [0.717, 1.165) is 33.8 Å². The molecule has 4 rings (SSSR count). The monoisotopic (exact) mass is 423 g/mol. The Kier molecular flexibility index (Phi) is 5.94. The molecule has 0 saturated carbocycles. The molecule has 2 aromatic heterocycles. The molecule has 0 fully saturated rings. The molecule has 7 heteroatoms. The Balaban J connectivity index is 1.34. The Morgan fingerprint density at radius 3 is 2.59 bits per heavy atom. The second-order valence-electron chi connectivity index (χ2n) is 7.07. The summed E-state index contributed by atoms with van der Waals surface area (Å²) in [5.74, 6) is 0.536. The smallest absolute Gasteiger partial charge is 0.182 e. The van der Waals surface area contributed by atoms with Gasteiger partial charge in [-0.2, -0.15) is 0 Å². The van der Waals surface area contributed by atoms with E-state index in [-0.39, 0.29) is 6.04 Å². The molecular weight excluding hydrogens is 402 g/mol. The molecule has 2 heterocycles. The number of aromatic nitrogens is 2. The first-order valence-corrected chi connectivity index (χ1v) is 10.6. The van der Waals surface area contributed by atoms with Crippen molar-refractivity contribution in [2.24, 2.45) is 5.73 Å². The van der Waals surface area contributed by atoms with Gasteiger partial charge in [0.25, 0.3) is 0 Å². The van der Waals surface area contributed by atoms with Crippen LogP contribution in [0.25, 0.3) is 10.8 Å². The maximum atomic E-state index is 6.25. The van der Waals surface area contributed by atoms with Crippen LogP contribution >= 0.6 is 22.9 Å². The van der Waals surface area contributed by atoms with Crippen molar-refractivity contribution in [1.82, 2.24) is 9.97 Å². The number of fused-ring (bicyclic) bond motifs is 1. The lowest BCUT2D eigenvalue weighted by atomic mass is 10.1. The van der Waals surface area contributed by atoms with Crippen LogP contribution in [0.2, 0.25) is 5.02 Å². The van der Waals surface area contributed by atoms with Crippen LogP contribution in [0.15, 0.2) is 60.9 Å². The number of anilines is 2. The highest BCUT2D eigenvalue weighted by atomic mass is 35.5. The van der Waals surface area contributed by atoms with Crippen LogP contribution in [0.5, 0.6) is 0 Å². The summed E-state index contributed by atoms with van der Waals surface area (Å²) in [5, 5.41) is 7.17. The van der Waals surface area contributed by atoms with Gasteiger partial charge >= 0.3 is 0 Å². The molecule has 0 bridgehead atoms. The van der Waals surface area contributed by atoms with E-state index in [1.807, 2.05) is 36.5 Å². The van der Waals surface area contributed by atoms with Crippen molar-refractivity contribution in [3.63, 3.8) is 0 Å².